The third-order valence-corrected chi connectivity index (χ3v) is 4.06. The van der Waals surface area contributed by atoms with Gasteiger partial charge in [0, 0.05) is 0 Å². The molecule has 7 heteroatoms. The van der Waals surface area contributed by atoms with E-state index < -0.39 is 29.8 Å². The van der Waals surface area contributed by atoms with Crippen LogP contribution >= 0.6 is 0 Å². The van der Waals surface area contributed by atoms with Crippen molar-refractivity contribution in [2.45, 2.75) is 45.2 Å². The topological polar surface area (TPSA) is 110 Å². The lowest BCUT2D eigenvalue weighted by Crippen LogP contribution is -2.51. The number of amides is 4. The van der Waals surface area contributed by atoms with E-state index in [1.54, 1.807) is 12.1 Å². The van der Waals surface area contributed by atoms with Crippen LogP contribution in [0.1, 0.15) is 32.3 Å². The number of likely N-dealkylation sites (tertiary alicyclic amines) is 1. The first-order valence-electron chi connectivity index (χ1n) is 8.28. The fraction of sp³-hybridized carbons (Fsp3) is 0.444. The summed E-state index contributed by atoms with van der Waals surface area (Å²) in [6, 6.07) is 7.17. The maximum absolute atomic E-state index is 12.5. The quantitative estimate of drug-likeness (QED) is 0.696. The van der Waals surface area contributed by atoms with Crippen LogP contribution in [0.2, 0.25) is 0 Å². The van der Waals surface area contributed by atoms with Crippen molar-refractivity contribution in [1.29, 1.82) is 0 Å². The third-order valence-electron chi connectivity index (χ3n) is 4.06. The van der Waals surface area contributed by atoms with Gasteiger partial charge in [-0.25, -0.2) is 0 Å². The molecule has 0 bridgehead atoms. The summed E-state index contributed by atoms with van der Waals surface area (Å²) in [6.07, 6.45) is 0.267. The number of nitrogens with zero attached hydrogens (tertiary/aromatic N) is 1. The highest BCUT2D eigenvalue weighted by Gasteiger charge is 2.44. The van der Waals surface area contributed by atoms with E-state index in [1.807, 2.05) is 32.0 Å². The fourth-order valence-electron chi connectivity index (χ4n) is 2.91. The molecular formula is C18H23N3O4. The molecule has 1 heterocycles. The van der Waals surface area contributed by atoms with Crippen molar-refractivity contribution in [2.75, 3.05) is 0 Å². The zero-order valence-electron chi connectivity index (χ0n) is 14.4. The molecule has 0 saturated carbocycles. The normalized spacial score (nSPS) is 18.5. The fourth-order valence-corrected chi connectivity index (χ4v) is 2.91. The first kappa shape index (κ1) is 18.6. The van der Waals surface area contributed by atoms with Gasteiger partial charge < -0.3 is 11.1 Å². The number of primary amides is 1. The van der Waals surface area contributed by atoms with Gasteiger partial charge in [-0.2, -0.15) is 0 Å². The van der Waals surface area contributed by atoms with E-state index in [2.05, 4.69) is 5.32 Å². The SMILES string of the molecule is CC(C)CC(C(N)=O)N1C(=O)CC(NC(=O)Cc2ccccc2)C1=O. The molecule has 3 N–H and O–H groups in total. The van der Waals surface area contributed by atoms with Crippen LogP contribution in [0.15, 0.2) is 30.3 Å². The van der Waals surface area contributed by atoms with E-state index in [0.717, 1.165) is 10.5 Å². The molecule has 1 aliphatic heterocycles. The number of nitrogens with two attached hydrogens (primary N) is 1. The largest absolute Gasteiger partial charge is 0.368 e. The predicted octanol–water partition coefficient (Wildman–Crippen LogP) is 0.373. The summed E-state index contributed by atoms with van der Waals surface area (Å²) in [7, 11) is 0. The number of nitrogens with one attached hydrogen (secondary N) is 1. The maximum Gasteiger partial charge on any atom is 0.253 e. The van der Waals surface area contributed by atoms with Crippen LogP contribution < -0.4 is 11.1 Å². The van der Waals surface area contributed by atoms with Gasteiger partial charge in [0.05, 0.1) is 12.8 Å². The Morgan fingerprint density at radius 3 is 2.44 bits per heavy atom. The lowest BCUT2D eigenvalue weighted by atomic mass is 10.0. The second-order valence-corrected chi connectivity index (χ2v) is 6.64. The third kappa shape index (κ3) is 4.65. The van der Waals surface area contributed by atoms with Crippen molar-refractivity contribution < 1.29 is 19.2 Å². The second-order valence-electron chi connectivity index (χ2n) is 6.64. The highest BCUT2D eigenvalue weighted by molar-refractivity contribution is 6.09. The molecule has 0 aromatic heterocycles. The first-order valence-corrected chi connectivity index (χ1v) is 8.28. The van der Waals surface area contributed by atoms with Crippen LogP contribution in [-0.4, -0.2) is 40.6 Å². The molecule has 1 aliphatic rings. The Balaban J connectivity index is 2.04. The van der Waals surface area contributed by atoms with E-state index in [9.17, 15) is 19.2 Å². The zero-order chi connectivity index (χ0) is 18.6. The van der Waals surface area contributed by atoms with Crippen molar-refractivity contribution in [3.05, 3.63) is 35.9 Å². The average molecular weight is 345 g/mol. The van der Waals surface area contributed by atoms with Gasteiger partial charge in [-0.1, -0.05) is 44.2 Å². The standard InChI is InChI=1S/C18H23N3O4/c1-11(2)8-14(17(19)24)21-16(23)10-13(18(21)25)20-15(22)9-12-6-4-3-5-7-12/h3-7,11,13-14H,8-10H2,1-2H3,(H2,19,24)(H,20,22). The Kier molecular flexibility index (Phi) is 5.90. The Hall–Kier alpha value is -2.70. The van der Waals surface area contributed by atoms with E-state index >= 15 is 0 Å². The number of rotatable bonds is 7. The number of carbonyl (C=O) groups excluding carboxylic acids is 4. The van der Waals surface area contributed by atoms with Crippen molar-refractivity contribution in [3.63, 3.8) is 0 Å². The minimum atomic E-state index is -0.976. The molecule has 4 amide bonds. The highest BCUT2D eigenvalue weighted by atomic mass is 16.2. The van der Waals surface area contributed by atoms with Crippen LogP contribution in [0, 0.1) is 5.92 Å². The molecule has 0 spiro atoms. The van der Waals surface area contributed by atoms with Gasteiger partial charge >= 0.3 is 0 Å². The van der Waals surface area contributed by atoms with Gasteiger partial charge in [-0.05, 0) is 17.9 Å². The van der Waals surface area contributed by atoms with E-state index in [-0.39, 0.29) is 24.7 Å². The van der Waals surface area contributed by atoms with Crippen LogP contribution in [0.25, 0.3) is 0 Å². The Morgan fingerprint density at radius 1 is 1.24 bits per heavy atom. The molecule has 134 valence electrons. The van der Waals surface area contributed by atoms with Gasteiger partial charge in [0.1, 0.15) is 12.1 Å². The number of imide groups is 1. The minimum absolute atomic E-state index is 0.0878. The predicted molar refractivity (Wildman–Crippen MR) is 91.0 cm³/mol. The molecule has 2 rings (SSSR count). The zero-order valence-corrected chi connectivity index (χ0v) is 14.4. The van der Waals surface area contributed by atoms with Gasteiger partial charge in [-0.3, -0.25) is 24.1 Å². The molecule has 2 unspecified atom stereocenters. The minimum Gasteiger partial charge on any atom is -0.368 e. The van der Waals surface area contributed by atoms with Crippen molar-refractivity contribution >= 4 is 23.6 Å². The second kappa shape index (κ2) is 7.92. The smallest absolute Gasteiger partial charge is 0.253 e. The molecule has 0 aliphatic carbocycles. The Bertz CT molecular complexity index is 672. The van der Waals surface area contributed by atoms with Crippen LogP contribution in [0.4, 0.5) is 0 Å². The monoisotopic (exact) mass is 345 g/mol. The highest BCUT2D eigenvalue weighted by Crippen LogP contribution is 2.21. The summed E-state index contributed by atoms with van der Waals surface area (Å²) in [5.74, 6) is -2.04. The molecule has 2 atom stereocenters. The molecule has 1 aromatic carbocycles. The van der Waals surface area contributed by atoms with Crippen LogP contribution in [-0.2, 0) is 25.6 Å². The molecular weight excluding hydrogens is 322 g/mol. The van der Waals surface area contributed by atoms with Gasteiger partial charge in [0.2, 0.25) is 17.7 Å². The lowest BCUT2D eigenvalue weighted by molar-refractivity contribution is -0.147. The van der Waals surface area contributed by atoms with E-state index in [4.69, 9.17) is 5.73 Å². The van der Waals surface area contributed by atoms with Crippen molar-refractivity contribution in [1.82, 2.24) is 10.2 Å². The summed E-state index contributed by atoms with van der Waals surface area (Å²) >= 11 is 0. The Labute approximate surface area is 146 Å². The maximum atomic E-state index is 12.5. The number of hydrogen-bond donors (Lipinski definition) is 2. The number of benzene rings is 1. The summed E-state index contributed by atoms with van der Waals surface area (Å²) < 4.78 is 0. The van der Waals surface area contributed by atoms with Gasteiger partial charge in [-0.15, -0.1) is 0 Å². The Morgan fingerprint density at radius 2 is 1.88 bits per heavy atom. The molecule has 0 radical (unpaired) electrons. The molecule has 1 saturated heterocycles. The van der Waals surface area contributed by atoms with E-state index in [1.165, 1.54) is 0 Å². The number of carbonyl (C=O) groups is 4. The van der Waals surface area contributed by atoms with Crippen LogP contribution in [0.5, 0.6) is 0 Å². The van der Waals surface area contributed by atoms with E-state index in [0.29, 0.717) is 6.42 Å². The van der Waals surface area contributed by atoms with Gasteiger partial charge in [0.25, 0.3) is 5.91 Å². The summed E-state index contributed by atoms with van der Waals surface area (Å²) in [4.78, 5) is 49.4. The summed E-state index contributed by atoms with van der Waals surface area (Å²) in [6.45, 7) is 3.75. The lowest BCUT2D eigenvalue weighted by Gasteiger charge is -2.25. The summed E-state index contributed by atoms with van der Waals surface area (Å²) in [5, 5.41) is 2.58. The molecule has 1 aromatic rings. The molecule has 25 heavy (non-hydrogen) atoms. The molecule has 7 nitrogen and oxygen atoms in total. The van der Waals surface area contributed by atoms with Crippen LogP contribution in [0.3, 0.4) is 0 Å². The summed E-state index contributed by atoms with van der Waals surface area (Å²) in [5.41, 5.74) is 6.17. The van der Waals surface area contributed by atoms with Crippen molar-refractivity contribution in [3.8, 4) is 0 Å². The number of hydrogen-bond acceptors (Lipinski definition) is 4. The first-order chi connectivity index (χ1) is 11.8. The average Bonchev–Trinajstić information content (AvgIpc) is 2.79. The molecule has 1 fully saturated rings. The van der Waals surface area contributed by atoms with Crippen molar-refractivity contribution in [2.24, 2.45) is 11.7 Å². The van der Waals surface area contributed by atoms with Gasteiger partial charge in [0.15, 0.2) is 0 Å².